The maximum atomic E-state index is 5.82. The molecule has 1 atom stereocenters. The molecule has 0 saturated carbocycles. The first-order valence-corrected chi connectivity index (χ1v) is 6.84. The monoisotopic (exact) mass is 249 g/mol. The molecule has 0 spiro atoms. The lowest BCUT2D eigenvalue weighted by atomic mass is 10.0. The summed E-state index contributed by atoms with van der Waals surface area (Å²) in [5, 5.41) is 8.03. The molecule has 0 radical (unpaired) electrons. The summed E-state index contributed by atoms with van der Waals surface area (Å²) < 4.78 is 7.71. The third kappa shape index (κ3) is 2.75. The van der Waals surface area contributed by atoms with E-state index in [9.17, 15) is 0 Å². The normalized spacial score (nSPS) is 17.2. The minimum atomic E-state index is 0.152. The number of likely N-dealkylation sites (N-methyl/N-ethyl adjacent to an activating group) is 1. The van der Waals surface area contributed by atoms with Crippen LogP contribution in [0.15, 0.2) is 18.0 Å². The Morgan fingerprint density at radius 1 is 1.50 bits per heavy atom. The molecular formula is C14H23N3O. The van der Waals surface area contributed by atoms with Crippen molar-refractivity contribution in [3.8, 4) is 0 Å². The molecule has 4 heteroatoms. The number of aryl methyl sites for hydroxylation is 2. The molecule has 2 rings (SSSR count). The van der Waals surface area contributed by atoms with Crippen LogP contribution in [0.4, 0.5) is 0 Å². The van der Waals surface area contributed by atoms with Crippen LogP contribution in [-0.2, 0) is 18.2 Å². The minimum Gasteiger partial charge on any atom is -0.496 e. The largest absolute Gasteiger partial charge is 0.496 e. The number of hydrogen-bond acceptors (Lipinski definition) is 3. The molecule has 0 aromatic carbocycles. The third-order valence-corrected chi connectivity index (χ3v) is 3.24. The van der Waals surface area contributed by atoms with Gasteiger partial charge in [0, 0.05) is 18.8 Å². The molecule has 1 aromatic rings. The lowest BCUT2D eigenvalue weighted by Crippen LogP contribution is -2.25. The average molecular weight is 249 g/mol. The zero-order valence-electron chi connectivity index (χ0n) is 11.6. The maximum Gasteiger partial charge on any atom is 0.114 e. The Labute approximate surface area is 109 Å². The summed E-state index contributed by atoms with van der Waals surface area (Å²) in [6, 6.07) is 0.152. The summed E-state index contributed by atoms with van der Waals surface area (Å²) in [6.07, 6.45) is 7.49. The lowest BCUT2D eigenvalue weighted by Gasteiger charge is -2.24. The third-order valence-electron chi connectivity index (χ3n) is 3.24. The Hall–Kier alpha value is -1.29. The van der Waals surface area contributed by atoms with Gasteiger partial charge < -0.3 is 10.1 Å². The van der Waals surface area contributed by atoms with Gasteiger partial charge in [-0.2, -0.15) is 5.10 Å². The molecule has 1 aliphatic rings. The summed E-state index contributed by atoms with van der Waals surface area (Å²) in [4.78, 5) is 0. The summed E-state index contributed by atoms with van der Waals surface area (Å²) >= 11 is 0. The van der Waals surface area contributed by atoms with Gasteiger partial charge in [-0.1, -0.05) is 13.8 Å². The molecule has 0 fully saturated rings. The van der Waals surface area contributed by atoms with Crippen LogP contribution in [0.2, 0.25) is 0 Å². The number of rotatable bonds is 5. The first-order valence-electron chi connectivity index (χ1n) is 6.84. The number of ether oxygens (including phenoxy) is 1. The van der Waals surface area contributed by atoms with Gasteiger partial charge in [-0.25, -0.2) is 0 Å². The number of hydrogen-bond donors (Lipinski definition) is 1. The average Bonchev–Trinajstić information content (AvgIpc) is 2.78. The van der Waals surface area contributed by atoms with E-state index < -0.39 is 0 Å². The van der Waals surface area contributed by atoms with E-state index in [4.69, 9.17) is 4.74 Å². The van der Waals surface area contributed by atoms with E-state index in [1.165, 1.54) is 5.56 Å². The van der Waals surface area contributed by atoms with E-state index in [2.05, 4.69) is 36.5 Å². The van der Waals surface area contributed by atoms with Gasteiger partial charge in [-0.15, -0.1) is 0 Å². The molecule has 18 heavy (non-hydrogen) atoms. The zero-order chi connectivity index (χ0) is 13.0. The molecule has 0 amide bonds. The van der Waals surface area contributed by atoms with Crippen molar-refractivity contribution in [1.29, 1.82) is 0 Å². The Kier molecular flexibility index (Phi) is 4.42. The lowest BCUT2D eigenvalue weighted by molar-refractivity contribution is 0.168. The summed E-state index contributed by atoms with van der Waals surface area (Å²) in [6.45, 7) is 6.02. The Bertz CT molecular complexity index is 423. The van der Waals surface area contributed by atoms with Crippen molar-refractivity contribution < 1.29 is 4.74 Å². The van der Waals surface area contributed by atoms with Gasteiger partial charge in [-0.3, -0.25) is 4.68 Å². The van der Waals surface area contributed by atoms with Crippen LogP contribution in [-0.4, -0.2) is 22.9 Å². The van der Waals surface area contributed by atoms with E-state index in [1.807, 2.05) is 11.7 Å². The van der Waals surface area contributed by atoms with Crippen molar-refractivity contribution in [2.24, 2.45) is 7.05 Å². The second-order valence-corrected chi connectivity index (χ2v) is 4.65. The van der Waals surface area contributed by atoms with Gasteiger partial charge in [0.15, 0.2) is 0 Å². The second kappa shape index (κ2) is 6.05. The Morgan fingerprint density at radius 2 is 2.33 bits per heavy atom. The highest BCUT2D eigenvalue weighted by Gasteiger charge is 2.23. The Balaban J connectivity index is 2.30. The quantitative estimate of drug-likeness (QED) is 0.870. The molecule has 100 valence electrons. The molecular weight excluding hydrogens is 226 g/mol. The van der Waals surface area contributed by atoms with Gasteiger partial charge in [0.25, 0.3) is 0 Å². The van der Waals surface area contributed by atoms with Crippen molar-refractivity contribution in [3.63, 3.8) is 0 Å². The van der Waals surface area contributed by atoms with Crippen molar-refractivity contribution in [1.82, 2.24) is 15.1 Å². The van der Waals surface area contributed by atoms with Gasteiger partial charge in [-0.05, 0) is 31.9 Å². The predicted octanol–water partition coefficient (Wildman–Crippen LogP) is 2.33. The smallest absolute Gasteiger partial charge is 0.114 e. The molecule has 0 saturated heterocycles. The summed E-state index contributed by atoms with van der Waals surface area (Å²) in [5.74, 6) is 1.06. The highest BCUT2D eigenvalue weighted by atomic mass is 16.5. The molecule has 1 unspecified atom stereocenters. The zero-order valence-corrected chi connectivity index (χ0v) is 11.6. The van der Waals surface area contributed by atoms with Crippen molar-refractivity contribution in [2.45, 2.75) is 39.2 Å². The fourth-order valence-electron chi connectivity index (χ4n) is 2.41. The first-order chi connectivity index (χ1) is 8.76. The molecule has 1 aliphatic heterocycles. The van der Waals surface area contributed by atoms with Crippen LogP contribution >= 0.6 is 0 Å². The number of aromatic nitrogens is 2. The topological polar surface area (TPSA) is 39.1 Å². The minimum absolute atomic E-state index is 0.152. The van der Waals surface area contributed by atoms with E-state index in [0.717, 1.165) is 43.9 Å². The fraction of sp³-hybridized carbons (Fsp3) is 0.643. The van der Waals surface area contributed by atoms with E-state index in [1.54, 1.807) is 0 Å². The van der Waals surface area contributed by atoms with Crippen LogP contribution in [0, 0.1) is 0 Å². The Morgan fingerprint density at radius 3 is 2.94 bits per heavy atom. The standard InChI is InChI=1S/C14H23N3O/c1-4-12-11(10-17(3)16-12)14(15-5-2)13-8-6-7-9-18-13/h8,10,14-15H,4-7,9H2,1-3H3. The van der Waals surface area contributed by atoms with Crippen molar-refractivity contribution >= 4 is 0 Å². The molecule has 2 heterocycles. The number of allylic oxidation sites excluding steroid dienone is 1. The number of nitrogens with one attached hydrogen (secondary N) is 1. The van der Waals surface area contributed by atoms with Gasteiger partial charge in [0.1, 0.15) is 5.76 Å². The van der Waals surface area contributed by atoms with Crippen LogP contribution < -0.4 is 5.32 Å². The van der Waals surface area contributed by atoms with Gasteiger partial charge >= 0.3 is 0 Å². The maximum absolute atomic E-state index is 5.82. The fourth-order valence-corrected chi connectivity index (χ4v) is 2.41. The van der Waals surface area contributed by atoms with Crippen LogP contribution in [0.3, 0.4) is 0 Å². The highest BCUT2D eigenvalue weighted by Crippen LogP contribution is 2.28. The predicted molar refractivity (Wildman–Crippen MR) is 72.3 cm³/mol. The van der Waals surface area contributed by atoms with Crippen molar-refractivity contribution in [3.05, 3.63) is 29.3 Å². The van der Waals surface area contributed by atoms with Crippen LogP contribution in [0.5, 0.6) is 0 Å². The number of nitrogens with zero attached hydrogens (tertiary/aromatic N) is 2. The molecule has 4 nitrogen and oxygen atoms in total. The molecule has 1 N–H and O–H groups in total. The van der Waals surface area contributed by atoms with Crippen LogP contribution in [0.25, 0.3) is 0 Å². The summed E-state index contributed by atoms with van der Waals surface area (Å²) in [7, 11) is 1.97. The molecule has 1 aromatic heterocycles. The van der Waals surface area contributed by atoms with Crippen molar-refractivity contribution in [2.75, 3.05) is 13.2 Å². The van der Waals surface area contributed by atoms with E-state index in [0.29, 0.717) is 0 Å². The SMILES string of the molecule is CCNC(C1=CCCCO1)c1cn(C)nc1CC. The second-order valence-electron chi connectivity index (χ2n) is 4.65. The summed E-state index contributed by atoms with van der Waals surface area (Å²) in [5.41, 5.74) is 2.40. The van der Waals surface area contributed by atoms with Gasteiger partial charge in [0.2, 0.25) is 0 Å². The van der Waals surface area contributed by atoms with E-state index in [-0.39, 0.29) is 6.04 Å². The van der Waals surface area contributed by atoms with Crippen LogP contribution in [0.1, 0.15) is 44.0 Å². The van der Waals surface area contributed by atoms with Gasteiger partial charge in [0.05, 0.1) is 18.3 Å². The first kappa shape index (κ1) is 13.1. The molecule has 0 aliphatic carbocycles. The molecule has 0 bridgehead atoms. The van der Waals surface area contributed by atoms with E-state index >= 15 is 0 Å². The highest BCUT2D eigenvalue weighted by molar-refractivity contribution is 5.28.